The van der Waals surface area contributed by atoms with Gasteiger partial charge < -0.3 is 10.1 Å². The molecule has 0 aromatic rings. The summed E-state index contributed by atoms with van der Waals surface area (Å²) >= 11 is 0. The molecule has 88 valence electrons. The van der Waals surface area contributed by atoms with E-state index in [1.165, 1.54) is 19.4 Å². The van der Waals surface area contributed by atoms with Crippen LogP contribution < -0.4 is 5.32 Å². The predicted molar refractivity (Wildman–Crippen MR) is 62.0 cm³/mol. The zero-order valence-corrected chi connectivity index (χ0v) is 10.0. The van der Waals surface area contributed by atoms with Crippen LogP contribution in [0.4, 0.5) is 0 Å². The number of ether oxygens (including phenoxy) is 1. The fourth-order valence-corrected chi connectivity index (χ4v) is 2.45. The van der Waals surface area contributed by atoms with E-state index in [9.17, 15) is 0 Å². The van der Waals surface area contributed by atoms with Crippen LogP contribution in [0.5, 0.6) is 0 Å². The summed E-state index contributed by atoms with van der Waals surface area (Å²) in [5.74, 6) is 0.943. The molecule has 1 saturated carbocycles. The maximum absolute atomic E-state index is 5.69. The minimum absolute atomic E-state index is 0.468. The summed E-state index contributed by atoms with van der Waals surface area (Å²) in [6.07, 6.45) is 4.46. The summed E-state index contributed by atoms with van der Waals surface area (Å²) < 4.78 is 5.69. The molecule has 0 bridgehead atoms. The molecule has 0 radical (unpaired) electrons. The van der Waals surface area contributed by atoms with Crippen molar-refractivity contribution in [2.75, 3.05) is 33.3 Å². The molecule has 2 atom stereocenters. The van der Waals surface area contributed by atoms with Crippen LogP contribution in [0.25, 0.3) is 0 Å². The maximum Gasteiger partial charge on any atom is 0.0700 e. The molecule has 2 fully saturated rings. The van der Waals surface area contributed by atoms with E-state index in [2.05, 4.69) is 24.2 Å². The van der Waals surface area contributed by atoms with Gasteiger partial charge in [-0.15, -0.1) is 0 Å². The fraction of sp³-hybridized carbons (Fsp3) is 1.00. The van der Waals surface area contributed by atoms with Gasteiger partial charge in [0.25, 0.3) is 0 Å². The highest BCUT2D eigenvalue weighted by molar-refractivity contribution is 4.88. The third-order valence-electron chi connectivity index (χ3n) is 3.69. The van der Waals surface area contributed by atoms with E-state index in [1.54, 1.807) is 0 Å². The molecule has 0 amide bonds. The van der Waals surface area contributed by atoms with Crippen LogP contribution in [0.15, 0.2) is 0 Å². The van der Waals surface area contributed by atoms with E-state index in [4.69, 9.17) is 4.74 Å². The second kappa shape index (κ2) is 5.28. The summed E-state index contributed by atoms with van der Waals surface area (Å²) in [6.45, 7) is 6.58. The van der Waals surface area contributed by atoms with Crippen LogP contribution in [0.2, 0.25) is 0 Å². The van der Waals surface area contributed by atoms with Gasteiger partial charge in [-0.25, -0.2) is 0 Å². The molecule has 2 unspecified atom stereocenters. The van der Waals surface area contributed by atoms with Crippen LogP contribution in [0.3, 0.4) is 0 Å². The van der Waals surface area contributed by atoms with E-state index in [0.29, 0.717) is 12.1 Å². The number of nitrogens with zero attached hydrogens (tertiary/aromatic N) is 1. The molecule has 0 aromatic carbocycles. The van der Waals surface area contributed by atoms with Crippen molar-refractivity contribution in [1.82, 2.24) is 10.2 Å². The third kappa shape index (κ3) is 3.16. The van der Waals surface area contributed by atoms with Crippen LogP contribution in [-0.2, 0) is 4.74 Å². The van der Waals surface area contributed by atoms with Crippen molar-refractivity contribution in [3.8, 4) is 0 Å². The van der Waals surface area contributed by atoms with Crippen molar-refractivity contribution >= 4 is 0 Å². The Balaban J connectivity index is 1.76. The SMILES string of the molecule is CCC1CN(CC(NC)C2CC2)CCO1. The van der Waals surface area contributed by atoms with Gasteiger partial charge >= 0.3 is 0 Å². The van der Waals surface area contributed by atoms with Crippen molar-refractivity contribution in [2.24, 2.45) is 5.92 Å². The Morgan fingerprint density at radius 1 is 1.47 bits per heavy atom. The summed E-state index contributed by atoms with van der Waals surface area (Å²) in [5.41, 5.74) is 0. The molecule has 1 N–H and O–H groups in total. The molecule has 1 aliphatic heterocycles. The monoisotopic (exact) mass is 212 g/mol. The molecule has 3 heteroatoms. The van der Waals surface area contributed by atoms with E-state index in [0.717, 1.165) is 32.0 Å². The van der Waals surface area contributed by atoms with Crippen molar-refractivity contribution in [3.63, 3.8) is 0 Å². The third-order valence-corrected chi connectivity index (χ3v) is 3.69. The molecule has 15 heavy (non-hydrogen) atoms. The lowest BCUT2D eigenvalue weighted by Crippen LogP contribution is -2.48. The predicted octanol–water partition coefficient (Wildman–Crippen LogP) is 1.10. The van der Waals surface area contributed by atoms with Gasteiger partial charge in [0.05, 0.1) is 12.7 Å². The van der Waals surface area contributed by atoms with Crippen molar-refractivity contribution in [1.29, 1.82) is 0 Å². The molecule has 2 rings (SSSR count). The Kier molecular flexibility index (Phi) is 4.00. The first-order valence-corrected chi connectivity index (χ1v) is 6.34. The highest BCUT2D eigenvalue weighted by Crippen LogP contribution is 2.33. The van der Waals surface area contributed by atoms with Crippen LogP contribution >= 0.6 is 0 Å². The maximum atomic E-state index is 5.69. The molecular formula is C12H24N2O. The Hall–Kier alpha value is -0.120. The number of morpholine rings is 1. The molecule has 1 aliphatic carbocycles. The zero-order chi connectivity index (χ0) is 10.7. The molecule has 1 heterocycles. The zero-order valence-electron chi connectivity index (χ0n) is 10.0. The number of hydrogen-bond acceptors (Lipinski definition) is 3. The Bertz CT molecular complexity index is 194. The van der Waals surface area contributed by atoms with E-state index in [-0.39, 0.29) is 0 Å². The summed E-state index contributed by atoms with van der Waals surface area (Å²) in [7, 11) is 2.10. The number of rotatable bonds is 5. The van der Waals surface area contributed by atoms with Gasteiger partial charge in [-0.3, -0.25) is 4.90 Å². The molecule has 3 nitrogen and oxygen atoms in total. The second-order valence-corrected chi connectivity index (χ2v) is 4.89. The Morgan fingerprint density at radius 2 is 2.27 bits per heavy atom. The van der Waals surface area contributed by atoms with Gasteiger partial charge in [0.2, 0.25) is 0 Å². The van der Waals surface area contributed by atoms with Crippen molar-refractivity contribution in [3.05, 3.63) is 0 Å². The quantitative estimate of drug-likeness (QED) is 0.738. The largest absolute Gasteiger partial charge is 0.376 e. The molecule has 0 spiro atoms. The highest BCUT2D eigenvalue weighted by atomic mass is 16.5. The van der Waals surface area contributed by atoms with Gasteiger partial charge in [-0.1, -0.05) is 6.92 Å². The van der Waals surface area contributed by atoms with Gasteiger partial charge in [0.1, 0.15) is 0 Å². The molecular weight excluding hydrogens is 188 g/mol. The van der Waals surface area contributed by atoms with Gasteiger partial charge in [0, 0.05) is 25.7 Å². The minimum atomic E-state index is 0.468. The molecule has 2 aliphatic rings. The number of likely N-dealkylation sites (N-methyl/N-ethyl adjacent to an activating group) is 1. The average Bonchev–Trinajstić information content (AvgIpc) is 3.10. The first kappa shape index (κ1) is 11.4. The van der Waals surface area contributed by atoms with E-state index < -0.39 is 0 Å². The summed E-state index contributed by atoms with van der Waals surface area (Å²) in [4.78, 5) is 2.57. The van der Waals surface area contributed by atoms with Gasteiger partial charge in [-0.2, -0.15) is 0 Å². The molecule has 0 aromatic heterocycles. The van der Waals surface area contributed by atoms with Crippen LogP contribution in [0, 0.1) is 5.92 Å². The first-order valence-electron chi connectivity index (χ1n) is 6.34. The van der Waals surface area contributed by atoms with Crippen LogP contribution in [-0.4, -0.2) is 50.3 Å². The first-order chi connectivity index (χ1) is 7.33. The topological polar surface area (TPSA) is 24.5 Å². The second-order valence-electron chi connectivity index (χ2n) is 4.89. The number of hydrogen-bond donors (Lipinski definition) is 1. The Morgan fingerprint density at radius 3 is 2.87 bits per heavy atom. The normalized spacial score (nSPS) is 30.4. The van der Waals surface area contributed by atoms with Gasteiger partial charge in [-0.05, 0) is 32.2 Å². The number of nitrogens with one attached hydrogen (secondary N) is 1. The fourth-order valence-electron chi connectivity index (χ4n) is 2.45. The average molecular weight is 212 g/mol. The van der Waals surface area contributed by atoms with Gasteiger partial charge in [0.15, 0.2) is 0 Å². The minimum Gasteiger partial charge on any atom is -0.376 e. The van der Waals surface area contributed by atoms with Crippen molar-refractivity contribution in [2.45, 2.75) is 38.3 Å². The Labute approximate surface area is 93.2 Å². The lowest BCUT2D eigenvalue weighted by Gasteiger charge is -2.34. The van der Waals surface area contributed by atoms with Crippen LogP contribution in [0.1, 0.15) is 26.2 Å². The lowest BCUT2D eigenvalue weighted by molar-refractivity contribution is -0.0325. The summed E-state index contributed by atoms with van der Waals surface area (Å²) in [6, 6.07) is 0.709. The highest BCUT2D eigenvalue weighted by Gasteiger charge is 2.32. The smallest absolute Gasteiger partial charge is 0.0700 e. The standard InChI is InChI=1S/C12H24N2O/c1-3-11-8-14(6-7-15-11)9-12(13-2)10-4-5-10/h10-13H,3-9H2,1-2H3. The van der Waals surface area contributed by atoms with E-state index >= 15 is 0 Å². The van der Waals surface area contributed by atoms with Crippen molar-refractivity contribution < 1.29 is 4.74 Å². The van der Waals surface area contributed by atoms with E-state index in [1.807, 2.05) is 0 Å². The summed E-state index contributed by atoms with van der Waals surface area (Å²) in [5, 5.41) is 3.46. The molecule has 1 saturated heterocycles. The lowest BCUT2D eigenvalue weighted by atomic mass is 10.1.